The Hall–Kier alpha value is -6.64. The summed E-state index contributed by atoms with van der Waals surface area (Å²) in [5.74, 6) is 1.81. The first-order valence-corrected chi connectivity index (χ1v) is 17.5. The number of nitrogens with zero attached hydrogens (tertiary/aromatic N) is 1. The van der Waals surface area contributed by atoms with E-state index >= 15 is 0 Å². The summed E-state index contributed by atoms with van der Waals surface area (Å²) in [6.45, 7) is 0. The molecule has 10 rings (SSSR count). The van der Waals surface area contributed by atoms with Gasteiger partial charge in [0.25, 0.3) is 0 Å². The molecule has 2 aliphatic rings. The van der Waals surface area contributed by atoms with Crippen molar-refractivity contribution in [3.8, 4) is 44.9 Å². The third kappa shape index (κ3) is 4.57. The van der Waals surface area contributed by atoms with E-state index in [1.54, 1.807) is 0 Å². The summed E-state index contributed by atoms with van der Waals surface area (Å²) in [6, 6.07) is 72.0. The monoisotopic (exact) mass is 651 g/mol. The summed E-state index contributed by atoms with van der Waals surface area (Å²) in [5.41, 5.74) is 15.1. The molecule has 0 radical (unpaired) electrons. The average molecular weight is 652 g/mol. The van der Waals surface area contributed by atoms with E-state index in [1.807, 2.05) is 0 Å². The van der Waals surface area contributed by atoms with Crippen LogP contribution < -0.4 is 9.64 Å². The van der Waals surface area contributed by atoms with Crippen LogP contribution in [0.2, 0.25) is 0 Å². The van der Waals surface area contributed by atoms with Crippen molar-refractivity contribution in [2.45, 2.75) is 5.41 Å². The summed E-state index contributed by atoms with van der Waals surface area (Å²) in [6.07, 6.45) is 0. The molecular formula is C49H33NO. The molecule has 0 aromatic heterocycles. The van der Waals surface area contributed by atoms with Gasteiger partial charge in [-0.3, -0.25) is 0 Å². The van der Waals surface area contributed by atoms with Crippen LogP contribution in [0.25, 0.3) is 33.4 Å². The fourth-order valence-corrected chi connectivity index (χ4v) is 8.32. The van der Waals surface area contributed by atoms with Gasteiger partial charge in [0.1, 0.15) is 11.5 Å². The molecule has 240 valence electrons. The maximum atomic E-state index is 6.53. The minimum atomic E-state index is -0.483. The zero-order valence-corrected chi connectivity index (χ0v) is 27.9. The van der Waals surface area contributed by atoms with Gasteiger partial charge in [-0.2, -0.15) is 0 Å². The van der Waals surface area contributed by atoms with Crippen LogP contribution in [0.3, 0.4) is 0 Å². The molecule has 0 bridgehead atoms. The third-order valence-corrected chi connectivity index (χ3v) is 10.5. The fourth-order valence-electron chi connectivity index (χ4n) is 8.32. The van der Waals surface area contributed by atoms with Gasteiger partial charge in [0.2, 0.25) is 0 Å². The van der Waals surface area contributed by atoms with Crippen LogP contribution in [0.4, 0.5) is 17.1 Å². The van der Waals surface area contributed by atoms with Crippen LogP contribution in [0, 0.1) is 0 Å². The first-order valence-electron chi connectivity index (χ1n) is 17.5. The highest BCUT2D eigenvalue weighted by atomic mass is 16.5. The second-order valence-corrected chi connectivity index (χ2v) is 13.3. The lowest BCUT2D eigenvalue weighted by molar-refractivity contribution is 0.436. The van der Waals surface area contributed by atoms with Gasteiger partial charge in [-0.05, 0) is 99.1 Å². The van der Waals surface area contributed by atoms with E-state index in [0.29, 0.717) is 0 Å². The van der Waals surface area contributed by atoms with Gasteiger partial charge < -0.3 is 9.64 Å². The highest BCUT2D eigenvalue weighted by molar-refractivity contribution is 5.91. The van der Waals surface area contributed by atoms with Crippen LogP contribution in [0.1, 0.15) is 22.3 Å². The summed E-state index contributed by atoms with van der Waals surface area (Å²) in [5, 5.41) is 0. The predicted molar refractivity (Wildman–Crippen MR) is 209 cm³/mol. The van der Waals surface area contributed by atoms with Crippen LogP contribution in [0.15, 0.2) is 200 Å². The van der Waals surface area contributed by atoms with Gasteiger partial charge in [0.15, 0.2) is 0 Å². The molecular weight excluding hydrogens is 619 g/mol. The van der Waals surface area contributed by atoms with Crippen molar-refractivity contribution in [3.63, 3.8) is 0 Å². The molecule has 51 heavy (non-hydrogen) atoms. The standard InChI is InChI=1S/C49H33NO/c1-3-14-34(15-4-1)36-16-13-17-37(32-36)35-26-28-39(29-27-35)50(38-18-5-2-6-19-38)40-30-31-44-42(33-40)41-20-7-8-21-43(41)49(44)45-22-9-11-24-47(45)51-48-25-12-10-23-46(48)49/h1-33H. The maximum Gasteiger partial charge on any atom is 0.132 e. The van der Waals surface area contributed by atoms with Crippen molar-refractivity contribution in [1.29, 1.82) is 0 Å². The van der Waals surface area contributed by atoms with Gasteiger partial charge in [-0.15, -0.1) is 0 Å². The molecule has 0 fully saturated rings. The summed E-state index contributed by atoms with van der Waals surface area (Å²) in [4.78, 5) is 2.37. The van der Waals surface area contributed by atoms with Crippen LogP contribution in [-0.2, 0) is 5.41 Å². The molecule has 0 saturated carbocycles. The number of benzene rings is 8. The van der Waals surface area contributed by atoms with Gasteiger partial charge in [0.05, 0.1) is 5.41 Å². The molecule has 2 heteroatoms. The highest BCUT2D eigenvalue weighted by Crippen LogP contribution is 2.62. The van der Waals surface area contributed by atoms with E-state index in [2.05, 4.69) is 205 Å². The Balaban J connectivity index is 1.12. The Kier molecular flexibility index (Phi) is 6.75. The Morgan fingerprint density at radius 2 is 0.804 bits per heavy atom. The number of anilines is 3. The lowest BCUT2D eigenvalue weighted by Gasteiger charge is -2.39. The van der Waals surface area contributed by atoms with E-state index in [9.17, 15) is 0 Å². The molecule has 1 aliphatic heterocycles. The largest absolute Gasteiger partial charge is 0.457 e. The first-order chi connectivity index (χ1) is 25.3. The number of rotatable bonds is 5. The molecule has 2 nitrogen and oxygen atoms in total. The minimum absolute atomic E-state index is 0.483. The number of fused-ring (bicyclic) bond motifs is 9. The van der Waals surface area contributed by atoms with Crippen LogP contribution in [0.5, 0.6) is 11.5 Å². The number of hydrogen-bond donors (Lipinski definition) is 0. The summed E-state index contributed by atoms with van der Waals surface area (Å²) in [7, 11) is 0. The minimum Gasteiger partial charge on any atom is -0.457 e. The Bertz CT molecular complexity index is 2510. The smallest absolute Gasteiger partial charge is 0.132 e. The molecule has 8 aromatic carbocycles. The van der Waals surface area contributed by atoms with Gasteiger partial charge >= 0.3 is 0 Å². The number of ether oxygens (including phenoxy) is 1. The topological polar surface area (TPSA) is 12.5 Å². The lowest BCUT2D eigenvalue weighted by Crippen LogP contribution is -2.32. The van der Waals surface area contributed by atoms with Gasteiger partial charge in [0, 0.05) is 28.2 Å². The van der Waals surface area contributed by atoms with Crippen molar-refractivity contribution in [2.24, 2.45) is 0 Å². The second kappa shape index (κ2) is 11.8. The zero-order chi connectivity index (χ0) is 33.8. The Morgan fingerprint density at radius 1 is 0.314 bits per heavy atom. The van der Waals surface area contributed by atoms with Crippen molar-refractivity contribution in [1.82, 2.24) is 0 Å². The molecule has 0 atom stereocenters. The van der Waals surface area contributed by atoms with E-state index in [1.165, 1.54) is 55.6 Å². The Labute approximate surface area is 298 Å². The van der Waals surface area contributed by atoms with Gasteiger partial charge in [-0.1, -0.05) is 146 Å². The van der Waals surface area contributed by atoms with Crippen molar-refractivity contribution >= 4 is 17.1 Å². The molecule has 0 saturated heterocycles. The fraction of sp³-hybridized carbons (Fsp3) is 0.0204. The predicted octanol–water partition coefficient (Wildman–Crippen LogP) is 13.0. The van der Waals surface area contributed by atoms with E-state index in [0.717, 1.165) is 28.6 Å². The van der Waals surface area contributed by atoms with E-state index < -0.39 is 5.41 Å². The van der Waals surface area contributed by atoms with Crippen molar-refractivity contribution in [3.05, 3.63) is 222 Å². The summed E-state index contributed by atoms with van der Waals surface area (Å²) >= 11 is 0. The van der Waals surface area contributed by atoms with E-state index in [-0.39, 0.29) is 0 Å². The molecule has 1 spiro atoms. The highest BCUT2D eigenvalue weighted by Gasteiger charge is 2.51. The molecule has 0 N–H and O–H groups in total. The maximum absolute atomic E-state index is 6.53. The third-order valence-electron chi connectivity index (χ3n) is 10.5. The Morgan fingerprint density at radius 3 is 1.49 bits per heavy atom. The molecule has 0 unspecified atom stereocenters. The summed E-state index contributed by atoms with van der Waals surface area (Å²) < 4.78 is 6.53. The average Bonchev–Trinajstić information content (AvgIpc) is 3.49. The van der Waals surface area contributed by atoms with Crippen molar-refractivity contribution < 1.29 is 4.74 Å². The molecule has 8 aromatic rings. The quantitative estimate of drug-likeness (QED) is 0.184. The van der Waals surface area contributed by atoms with Crippen molar-refractivity contribution in [2.75, 3.05) is 4.90 Å². The normalized spacial score (nSPS) is 13.0. The molecule has 1 aliphatic carbocycles. The van der Waals surface area contributed by atoms with Crippen LogP contribution >= 0.6 is 0 Å². The number of hydrogen-bond acceptors (Lipinski definition) is 2. The van der Waals surface area contributed by atoms with E-state index in [4.69, 9.17) is 4.74 Å². The molecule has 1 heterocycles. The second-order valence-electron chi connectivity index (χ2n) is 13.3. The SMILES string of the molecule is c1ccc(-c2cccc(-c3ccc(N(c4ccccc4)c4ccc5c(c4)-c4ccccc4C54c5ccccc5Oc5ccccc54)cc3)c2)cc1. The number of para-hydroxylation sites is 3. The van der Waals surface area contributed by atoms with Gasteiger partial charge in [-0.25, -0.2) is 0 Å². The first kappa shape index (κ1) is 29.3. The molecule has 0 amide bonds. The lowest BCUT2D eigenvalue weighted by atomic mass is 9.66. The zero-order valence-electron chi connectivity index (χ0n) is 27.9. The van der Waals surface area contributed by atoms with Crippen LogP contribution in [-0.4, -0.2) is 0 Å².